The standard InChI is InChI=1S/C15H21Cl2N/c1-3-18-15(11-5-4-10(2)8-11)12-6-7-13(16)14(17)9-12/h6-7,9-11,15,18H,3-5,8H2,1-2H3. The molecule has 0 saturated heterocycles. The molecule has 0 amide bonds. The lowest BCUT2D eigenvalue weighted by Gasteiger charge is -2.25. The molecule has 0 spiro atoms. The first kappa shape index (κ1) is 14.2. The fourth-order valence-electron chi connectivity index (χ4n) is 3.04. The zero-order valence-electron chi connectivity index (χ0n) is 11.0. The van der Waals surface area contributed by atoms with Crippen molar-refractivity contribution in [3.05, 3.63) is 33.8 Å². The van der Waals surface area contributed by atoms with E-state index >= 15 is 0 Å². The summed E-state index contributed by atoms with van der Waals surface area (Å²) in [4.78, 5) is 0. The average molecular weight is 286 g/mol. The van der Waals surface area contributed by atoms with Crippen LogP contribution in [0.15, 0.2) is 18.2 Å². The van der Waals surface area contributed by atoms with Crippen LogP contribution in [0.5, 0.6) is 0 Å². The Kier molecular flexibility index (Phi) is 4.94. The highest BCUT2D eigenvalue weighted by Crippen LogP contribution is 2.39. The van der Waals surface area contributed by atoms with Crippen molar-refractivity contribution in [2.24, 2.45) is 11.8 Å². The summed E-state index contributed by atoms with van der Waals surface area (Å²) in [6, 6.07) is 6.43. The molecule has 3 atom stereocenters. The maximum Gasteiger partial charge on any atom is 0.0595 e. The molecule has 1 saturated carbocycles. The Bertz CT molecular complexity index is 405. The second-order valence-electron chi connectivity index (χ2n) is 5.39. The maximum atomic E-state index is 6.13. The van der Waals surface area contributed by atoms with Gasteiger partial charge >= 0.3 is 0 Å². The van der Waals surface area contributed by atoms with Gasteiger partial charge in [0.1, 0.15) is 0 Å². The molecule has 0 aromatic heterocycles. The van der Waals surface area contributed by atoms with Crippen LogP contribution in [0.4, 0.5) is 0 Å². The fourth-order valence-corrected chi connectivity index (χ4v) is 3.34. The van der Waals surface area contributed by atoms with Gasteiger partial charge in [0, 0.05) is 6.04 Å². The maximum absolute atomic E-state index is 6.13. The molecule has 18 heavy (non-hydrogen) atoms. The Morgan fingerprint density at radius 1 is 1.28 bits per heavy atom. The smallest absolute Gasteiger partial charge is 0.0595 e. The highest BCUT2D eigenvalue weighted by Gasteiger charge is 2.29. The highest BCUT2D eigenvalue weighted by molar-refractivity contribution is 6.42. The summed E-state index contributed by atoms with van der Waals surface area (Å²) in [6.45, 7) is 5.48. The van der Waals surface area contributed by atoms with Crippen molar-refractivity contribution in [3.8, 4) is 0 Å². The number of halogens is 2. The van der Waals surface area contributed by atoms with Gasteiger partial charge in [-0.3, -0.25) is 0 Å². The van der Waals surface area contributed by atoms with Crippen molar-refractivity contribution in [2.45, 2.75) is 39.2 Å². The summed E-state index contributed by atoms with van der Waals surface area (Å²) in [5.41, 5.74) is 1.27. The number of hydrogen-bond donors (Lipinski definition) is 1. The van der Waals surface area contributed by atoms with Crippen LogP contribution >= 0.6 is 23.2 Å². The van der Waals surface area contributed by atoms with Gasteiger partial charge in [0.15, 0.2) is 0 Å². The van der Waals surface area contributed by atoms with E-state index < -0.39 is 0 Å². The van der Waals surface area contributed by atoms with E-state index in [2.05, 4.69) is 25.2 Å². The molecule has 1 aliphatic carbocycles. The molecule has 1 aromatic carbocycles. The van der Waals surface area contributed by atoms with Gasteiger partial charge in [-0.1, -0.05) is 49.5 Å². The Balaban J connectivity index is 2.20. The summed E-state index contributed by atoms with van der Waals surface area (Å²) in [5.74, 6) is 1.57. The predicted molar refractivity (Wildman–Crippen MR) is 79.4 cm³/mol. The Hall–Kier alpha value is -0.240. The lowest BCUT2D eigenvalue weighted by atomic mass is 9.91. The van der Waals surface area contributed by atoms with E-state index in [-0.39, 0.29) is 0 Å². The van der Waals surface area contributed by atoms with E-state index in [4.69, 9.17) is 23.2 Å². The normalized spacial score (nSPS) is 25.3. The third-order valence-corrected chi connectivity index (χ3v) is 4.67. The van der Waals surface area contributed by atoms with Gasteiger partial charge in [0.25, 0.3) is 0 Å². The second kappa shape index (κ2) is 6.27. The van der Waals surface area contributed by atoms with Gasteiger partial charge in [-0.2, -0.15) is 0 Å². The summed E-state index contributed by atoms with van der Waals surface area (Å²) < 4.78 is 0. The first-order chi connectivity index (χ1) is 8.61. The van der Waals surface area contributed by atoms with Crippen molar-refractivity contribution in [3.63, 3.8) is 0 Å². The molecule has 2 rings (SSSR count). The molecule has 1 aliphatic rings. The highest BCUT2D eigenvalue weighted by atomic mass is 35.5. The monoisotopic (exact) mass is 285 g/mol. The third-order valence-electron chi connectivity index (χ3n) is 3.93. The van der Waals surface area contributed by atoms with E-state index in [0.717, 1.165) is 18.4 Å². The first-order valence-electron chi connectivity index (χ1n) is 6.80. The van der Waals surface area contributed by atoms with Crippen LogP contribution in [-0.4, -0.2) is 6.54 Å². The summed E-state index contributed by atoms with van der Waals surface area (Å²) in [6.07, 6.45) is 3.95. The van der Waals surface area contributed by atoms with Gasteiger partial charge in [0.2, 0.25) is 0 Å². The van der Waals surface area contributed by atoms with E-state index in [1.807, 2.05) is 12.1 Å². The number of nitrogens with one attached hydrogen (secondary N) is 1. The van der Waals surface area contributed by atoms with Gasteiger partial charge in [-0.15, -0.1) is 0 Å². The van der Waals surface area contributed by atoms with Crippen LogP contribution in [0.1, 0.15) is 44.7 Å². The van der Waals surface area contributed by atoms with E-state index in [0.29, 0.717) is 16.1 Å². The van der Waals surface area contributed by atoms with Crippen LogP contribution in [0, 0.1) is 11.8 Å². The SMILES string of the molecule is CCNC(c1ccc(Cl)c(Cl)c1)C1CCC(C)C1. The van der Waals surface area contributed by atoms with Crippen LogP contribution in [0.3, 0.4) is 0 Å². The molecular formula is C15H21Cl2N. The summed E-state index contributed by atoms with van der Waals surface area (Å²) >= 11 is 12.1. The molecule has 0 heterocycles. The minimum Gasteiger partial charge on any atom is -0.310 e. The summed E-state index contributed by atoms with van der Waals surface area (Å²) in [5, 5.41) is 4.90. The Morgan fingerprint density at radius 2 is 2.06 bits per heavy atom. The topological polar surface area (TPSA) is 12.0 Å². The van der Waals surface area contributed by atoms with Crippen molar-refractivity contribution in [2.75, 3.05) is 6.54 Å². The lowest BCUT2D eigenvalue weighted by Crippen LogP contribution is -2.27. The zero-order valence-corrected chi connectivity index (χ0v) is 12.6. The zero-order chi connectivity index (χ0) is 13.1. The van der Waals surface area contributed by atoms with E-state index in [1.54, 1.807) is 0 Å². The minimum atomic E-state index is 0.412. The van der Waals surface area contributed by atoms with Crippen molar-refractivity contribution in [1.29, 1.82) is 0 Å². The molecule has 0 radical (unpaired) electrons. The molecule has 0 bridgehead atoms. The van der Waals surface area contributed by atoms with Crippen LogP contribution in [0.2, 0.25) is 10.0 Å². The fraction of sp³-hybridized carbons (Fsp3) is 0.600. The van der Waals surface area contributed by atoms with Crippen molar-refractivity contribution in [1.82, 2.24) is 5.32 Å². The molecule has 100 valence electrons. The molecule has 1 N–H and O–H groups in total. The average Bonchev–Trinajstić information content (AvgIpc) is 2.76. The number of hydrogen-bond acceptors (Lipinski definition) is 1. The van der Waals surface area contributed by atoms with Gasteiger partial charge in [0.05, 0.1) is 10.0 Å². The third kappa shape index (κ3) is 3.20. The molecule has 1 nitrogen and oxygen atoms in total. The van der Waals surface area contributed by atoms with Gasteiger partial charge in [-0.05, 0) is 48.9 Å². The van der Waals surface area contributed by atoms with Crippen LogP contribution in [0.25, 0.3) is 0 Å². The molecule has 3 unspecified atom stereocenters. The molecule has 3 heteroatoms. The molecule has 1 fully saturated rings. The summed E-state index contributed by atoms with van der Waals surface area (Å²) in [7, 11) is 0. The van der Waals surface area contributed by atoms with Gasteiger partial charge < -0.3 is 5.32 Å². The second-order valence-corrected chi connectivity index (χ2v) is 6.20. The Labute approximate surface area is 120 Å². The quantitative estimate of drug-likeness (QED) is 0.813. The van der Waals surface area contributed by atoms with Crippen molar-refractivity contribution < 1.29 is 0 Å². The largest absolute Gasteiger partial charge is 0.310 e. The molecule has 1 aromatic rings. The van der Waals surface area contributed by atoms with Crippen LogP contribution in [-0.2, 0) is 0 Å². The number of rotatable bonds is 4. The first-order valence-corrected chi connectivity index (χ1v) is 7.55. The van der Waals surface area contributed by atoms with Gasteiger partial charge in [-0.25, -0.2) is 0 Å². The Morgan fingerprint density at radius 3 is 2.61 bits per heavy atom. The molecular weight excluding hydrogens is 265 g/mol. The molecule has 0 aliphatic heterocycles. The lowest BCUT2D eigenvalue weighted by molar-refractivity contribution is 0.365. The minimum absolute atomic E-state index is 0.412. The van der Waals surface area contributed by atoms with E-state index in [1.165, 1.54) is 24.8 Å². The number of benzene rings is 1. The van der Waals surface area contributed by atoms with E-state index in [9.17, 15) is 0 Å². The van der Waals surface area contributed by atoms with Crippen LogP contribution < -0.4 is 5.32 Å². The predicted octanol–water partition coefficient (Wildman–Crippen LogP) is 5.08. The van der Waals surface area contributed by atoms with Crippen molar-refractivity contribution >= 4 is 23.2 Å².